The Morgan fingerprint density at radius 3 is 2.71 bits per heavy atom. The van der Waals surface area contributed by atoms with E-state index in [1.807, 2.05) is 24.0 Å². The van der Waals surface area contributed by atoms with Crippen LogP contribution in [0.5, 0.6) is 0 Å². The van der Waals surface area contributed by atoms with Crippen LogP contribution in [0.1, 0.15) is 42.4 Å². The van der Waals surface area contributed by atoms with Gasteiger partial charge in [-0.2, -0.15) is 5.10 Å². The Hall–Kier alpha value is -1.43. The summed E-state index contributed by atoms with van der Waals surface area (Å²) in [4.78, 5) is 4.18. The maximum atomic E-state index is 6.43. The molecule has 2 heterocycles. The molecule has 1 atom stereocenters. The zero-order valence-electron chi connectivity index (χ0n) is 12.7. The number of hydrogen-bond donors (Lipinski definition) is 2. The van der Waals surface area contributed by atoms with Crippen molar-refractivity contribution < 1.29 is 0 Å². The molecular formula is C15H22ClN5. The minimum absolute atomic E-state index is 0.0134. The van der Waals surface area contributed by atoms with E-state index < -0.39 is 0 Å². The third-order valence-electron chi connectivity index (χ3n) is 3.80. The second-order valence-electron chi connectivity index (χ2n) is 5.04. The van der Waals surface area contributed by atoms with Crippen LogP contribution >= 0.6 is 11.6 Å². The molecule has 6 heteroatoms. The van der Waals surface area contributed by atoms with E-state index in [4.69, 9.17) is 17.4 Å². The summed E-state index contributed by atoms with van der Waals surface area (Å²) in [5.41, 5.74) is 7.16. The Bertz CT molecular complexity index is 608. The first-order valence-corrected chi connectivity index (χ1v) is 7.59. The van der Waals surface area contributed by atoms with Gasteiger partial charge in [-0.1, -0.05) is 25.4 Å². The maximum Gasteiger partial charge on any atom is 0.0850 e. The highest BCUT2D eigenvalue weighted by Gasteiger charge is 2.20. The van der Waals surface area contributed by atoms with E-state index in [0.717, 1.165) is 34.8 Å². The molecule has 0 aliphatic heterocycles. The number of pyridine rings is 1. The summed E-state index contributed by atoms with van der Waals surface area (Å²) < 4.78 is 1.85. The van der Waals surface area contributed by atoms with Crippen molar-refractivity contribution in [3.63, 3.8) is 0 Å². The molecule has 0 aliphatic rings. The lowest BCUT2D eigenvalue weighted by Gasteiger charge is -2.19. The van der Waals surface area contributed by atoms with Crippen molar-refractivity contribution in [1.29, 1.82) is 0 Å². The summed E-state index contributed by atoms with van der Waals surface area (Å²) in [5, 5.41) is 5.20. The Morgan fingerprint density at radius 1 is 1.38 bits per heavy atom. The minimum atomic E-state index is -0.0134. The van der Waals surface area contributed by atoms with Gasteiger partial charge >= 0.3 is 0 Å². The molecule has 114 valence electrons. The SMILES string of the molecule is CCc1cnccc1C(Cc1c(Cl)c(CC)nn1C)NN. The predicted molar refractivity (Wildman–Crippen MR) is 85.0 cm³/mol. The molecular weight excluding hydrogens is 286 g/mol. The van der Waals surface area contributed by atoms with Crippen molar-refractivity contribution >= 4 is 11.6 Å². The highest BCUT2D eigenvalue weighted by molar-refractivity contribution is 6.31. The standard InChI is InChI=1S/C15H22ClN5/c1-4-10-9-18-7-6-11(10)13(19-17)8-14-15(16)12(5-2)20-21(14)3/h6-7,9,13,19H,4-5,8,17H2,1-3H3. The molecule has 0 fully saturated rings. The second-order valence-corrected chi connectivity index (χ2v) is 5.41. The molecule has 0 aromatic carbocycles. The molecule has 0 saturated heterocycles. The summed E-state index contributed by atoms with van der Waals surface area (Å²) in [6, 6.07) is 1.99. The summed E-state index contributed by atoms with van der Waals surface area (Å²) in [5.74, 6) is 5.77. The number of aromatic nitrogens is 3. The molecule has 0 aliphatic carbocycles. The van der Waals surface area contributed by atoms with Gasteiger partial charge in [0.2, 0.25) is 0 Å². The average molecular weight is 308 g/mol. The summed E-state index contributed by atoms with van der Waals surface area (Å²) in [6.07, 6.45) is 6.11. The highest BCUT2D eigenvalue weighted by Crippen LogP contribution is 2.27. The molecule has 0 saturated carbocycles. The lowest BCUT2D eigenvalue weighted by Crippen LogP contribution is -2.31. The van der Waals surface area contributed by atoms with Crippen LogP contribution in [0.15, 0.2) is 18.5 Å². The highest BCUT2D eigenvalue weighted by atomic mass is 35.5. The molecule has 0 bridgehead atoms. The van der Waals surface area contributed by atoms with Crippen LogP contribution in [0, 0.1) is 0 Å². The monoisotopic (exact) mass is 307 g/mol. The topological polar surface area (TPSA) is 68.8 Å². The van der Waals surface area contributed by atoms with Crippen molar-refractivity contribution in [2.24, 2.45) is 12.9 Å². The van der Waals surface area contributed by atoms with Crippen LogP contribution in [0.3, 0.4) is 0 Å². The fourth-order valence-electron chi connectivity index (χ4n) is 2.57. The van der Waals surface area contributed by atoms with Gasteiger partial charge < -0.3 is 0 Å². The van der Waals surface area contributed by atoms with Crippen molar-refractivity contribution in [1.82, 2.24) is 20.2 Å². The summed E-state index contributed by atoms with van der Waals surface area (Å²) >= 11 is 6.43. The van der Waals surface area contributed by atoms with E-state index in [0.29, 0.717) is 6.42 Å². The van der Waals surface area contributed by atoms with Gasteiger partial charge in [-0.15, -0.1) is 0 Å². The fraction of sp³-hybridized carbons (Fsp3) is 0.467. The van der Waals surface area contributed by atoms with Crippen LogP contribution < -0.4 is 11.3 Å². The molecule has 21 heavy (non-hydrogen) atoms. The van der Waals surface area contributed by atoms with Gasteiger partial charge in [0.05, 0.1) is 22.5 Å². The van der Waals surface area contributed by atoms with Gasteiger partial charge in [-0.3, -0.25) is 20.9 Å². The number of aryl methyl sites for hydroxylation is 3. The van der Waals surface area contributed by atoms with Crippen LogP contribution in [0.2, 0.25) is 5.02 Å². The molecule has 1 unspecified atom stereocenters. The van der Waals surface area contributed by atoms with Gasteiger partial charge in [-0.25, -0.2) is 0 Å². The lowest BCUT2D eigenvalue weighted by molar-refractivity contribution is 0.526. The number of hydrazine groups is 1. The third kappa shape index (κ3) is 3.26. The molecule has 2 aromatic heterocycles. The predicted octanol–water partition coefficient (Wildman–Crippen LogP) is 2.34. The zero-order valence-corrected chi connectivity index (χ0v) is 13.5. The minimum Gasteiger partial charge on any atom is -0.271 e. The first-order valence-electron chi connectivity index (χ1n) is 7.21. The fourth-order valence-corrected chi connectivity index (χ4v) is 2.94. The Kier molecular flexibility index (Phi) is 5.33. The smallest absolute Gasteiger partial charge is 0.0850 e. The van der Waals surface area contributed by atoms with E-state index >= 15 is 0 Å². The van der Waals surface area contributed by atoms with Crippen LogP contribution in [0.25, 0.3) is 0 Å². The average Bonchev–Trinajstić information content (AvgIpc) is 2.79. The Labute approximate surface area is 130 Å². The normalized spacial score (nSPS) is 12.6. The summed E-state index contributed by atoms with van der Waals surface area (Å²) in [6.45, 7) is 4.16. The molecule has 0 amide bonds. The van der Waals surface area contributed by atoms with Crippen LogP contribution in [0.4, 0.5) is 0 Å². The first-order chi connectivity index (χ1) is 10.1. The van der Waals surface area contributed by atoms with Crippen LogP contribution in [-0.2, 0) is 26.3 Å². The van der Waals surface area contributed by atoms with Gasteiger partial charge in [0, 0.05) is 25.9 Å². The number of halogens is 1. The maximum absolute atomic E-state index is 6.43. The molecule has 2 aromatic rings. The van der Waals surface area contributed by atoms with Crippen molar-refractivity contribution in [3.8, 4) is 0 Å². The van der Waals surface area contributed by atoms with E-state index in [9.17, 15) is 0 Å². The largest absolute Gasteiger partial charge is 0.271 e. The number of nitrogens with two attached hydrogens (primary N) is 1. The van der Waals surface area contributed by atoms with Gasteiger partial charge in [0.25, 0.3) is 0 Å². The summed E-state index contributed by atoms with van der Waals surface area (Å²) in [7, 11) is 1.92. The third-order valence-corrected chi connectivity index (χ3v) is 4.24. The van der Waals surface area contributed by atoms with Gasteiger partial charge in [0.15, 0.2) is 0 Å². The molecule has 5 nitrogen and oxygen atoms in total. The molecule has 0 spiro atoms. The Morgan fingerprint density at radius 2 is 2.14 bits per heavy atom. The first kappa shape index (κ1) is 15.9. The van der Waals surface area contributed by atoms with Crippen molar-refractivity contribution in [2.75, 3.05) is 0 Å². The zero-order chi connectivity index (χ0) is 15.4. The van der Waals surface area contributed by atoms with E-state index in [1.54, 1.807) is 6.20 Å². The second kappa shape index (κ2) is 7.02. The number of rotatable bonds is 6. The Balaban J connectivity index is 2.34. The molecule has 0 radical (unpaired) electrons. The van der Waals surface area contributed by atoms with Crippen LogP contribution in [-0.4, -0.2) is 14.8 Å². The van der Waals surface area contributed by atoms with E-state index in [1.165, 1.54) is 5.56 Å². The molecule has 2 rings (SSSR count). The quantitative estimate of drug-likeness (QED) is 0.635. The van der Waals surface area contributed by atoms with E-state index in [2.05, 4.69) is 29.4 Å². The van der Waals surface area contributed by atoms with Gasteiger partial charge in [-0.05, 0) is 30.0 Å². The van der Waals surface area contributed by atoms with E-state index in [-0.39, 0.29) is 6.04 Å². The molecule has 3 N–H and O–H groups in total. The number of hydrogen-bond acceptors (Lipinski definition) is 4. The van der Waals surface area contributed by atoms with Crippen molar-refractivity contribution in [2.45, 2.75) is 39.2 Å². The lowest BCUT2D eigenvalue weighted by atomic mass is 9.97. The number of nitrogens with zero attached hydrogens (tertiary/aromatic N) is 3. The van der Waals surface area contributed by atoms with Crippen molar-refractivity contribution in [3.05, 3.63) is 46.0 Å². The van der Waals surface area contributed by atoms with Gasteiger partial charge in [0.1, 0.15) is 0 Å². The number of nitrogens with one attached hydrogen (secondary N) is 1.